The number of nitrogens with one attached hydrogen (secondary N) is 3. The number of aldehydes is 1. The van der Waals surface area contributed by atoms with Crippen LogP contribution in [0.2, 0.25) is 0 Å². The number of hydrogen-bond acceptors (Lipinski definition) is 7. The number of nitrogens with two attached hydrogens (primary N) is 1. The maximum atomic E-state index is 10.6. The molecule has 0 aliphatic heterocycles. The quantitative estimate of drug-likeness (QED) is 0.0453. The van der Waals surface area contributed by atoms with Crippen LogP contribution in [0, 0.1) is 0 Å². The van der Waals surface area contributed by atoms with Gasteiger partial charge in [-0.1, -0.05) is 64.7 Å². The molecule has 0 aliphatic rings. The van der Waals surface area contributed by atoms with Crippen LogP contribution in [0.4, 0.5) is 0 Å². The number of carbonyl (C=O) groups excluding carboxylic acids is 3. The third kappa shape index (κ3) is 459. The van der Waals surface area contributed by atoms with Gasteiger partial charge in [0, 0.05) is 19.4 Å². The Morgan fingerprint density at radius 1 is 0.675 bits per heavy atom. The van der Waals surface area contributed by atoms with Gasteiger partial charge in [-0.15, -0.1) is 39.5 Å². The third-order valence-corrected chi connectivity index (χ3v) is 1.69. The van der Waals surface area contributed by atoms with Gasteiger partial charge < -0.3 is 4.79 Å². The Labute approximate surface area is 262 Å². The molecule has 0 aromatic carbocycles. The van der Waals surface area contributed by atoms with Gasteiger partial charge in [-0.05, 0) is 60.0 Å². The second-order valence-corrected chi connectivity index (χ2v) is 6.17. The molecule has 40 heavy (non-hydrogen) atoms. The summed E-state index contributed by atoms with van der Waals surface area (Å²) in [6.45, 7) is 39.6. The van der Waals surface area contributed by atoms with Gasteiger partial charge in [0.05, 0.1) is 0 Å². The van der Waals surface area contributed by atoms with E-state index in [-0.39, 0.29) is 19.2 Å². The number of allylic oxidation sites excluding steroid dienone is 6. The summed E-state index contributed by atoms with van der Waals surface area (Å²) in [5.74, 6) is 5.68. The van der Waals surface area contributed by atoms with Crippen molar-refractivity contribution in [2.45, 2.75) is 89.5 Å². The largest absolute Gasteiger partial charge is 0.304 e. The molecule has 9 heteroatoms. The van der Waals surface area contributed by atoms with Crippen molar-refractivity contribution in [2.24, 2.45) is 5.84 Å². The molecule has 7 nitrogen and oxygen atoms in total. The van der Waals surface area contributed by atoms with Gasteiger partial charge in [-0.2, -0.15) is 25.3 Å². The second kappa shape index (κ2) is 134. The Morgan fingerprint density at radius 3 is 1.00 bits per heavy atom. The molecule has 0 saturated carbocycles. The average molecular weight is 611 g/mol. The van der Waals surface area contributed by atoms with Crippen molar-refractivity contribution in [3.63, 3.8) is 0 Å². The van der Waals surface area contributed by atoms with E-state index in [1.807, 2.05) is 67.7 Å². The number of hydrazine groups is 2. The highest BCUT2D eigenvalue weighted by molar-refractivity contribution is 7.80. The highest BCUT2D eigenvalue weighted by atomic mass is 32.1. The first-order valence-electron chi connectivity index (χ1n) is 12.6. The van der Waals surface area contributed by atoms with Crippen LogP contribution in [0.15, 0.2) is 75.9 Å². The predicted molar refractivity (Wildman–Crippen MR) is 196 cm³/mol. The fourth-order valence-electron chi connectivity index (χ4n) is 0.525. The van der Waals surface area contributed by atoms with E-state index in [4.69, 9.17) is 10.6 Å². The number of hydrogen-bond donors (Lipinski definition) is 6. The Kier molecular flexibility index (Phi) is 238. The third-order valence-electron chi connectivity index (χ3n) is 1.24. The lowest BCUT2D eigenvalue weighted by molar-refractivity contribution is -0.122. The van der Waals surface area contributed by atoms with E-state index in [9.17, 15) is 9.59 Å². The normalized spacial score (nSPS) is 5.92. The smallest absolute Gasteiger partial charge is 0.234 e. The zero-order chi connectivity index (χ0) is 33.8. The van der Waals surface area contributed by atoms with Crippen molar-refractivity contribution in [1.82, 2.24) is 16.3 Å². The van der Waals surface area contributed by atoms with E-state index < -0.39 is 0 Å². The van der Waals surface area contributed by atoms with Crippen LogP contribution in [0.5, 0.6) is 0 Å². The fraction of sp³-hybridized carbons (Fsp3) is 0.516. The summed E-state index contributed by atoms with van der Waals surface area (Å²) in [5, 5.41) is 0. The minimum absolute atomic E-state index is 0. The summed E-state index contributed by atoms with van der Waals surface area (Å²) in [5.41, 5.74) is 7.17. The first kappa shape index (κ1) is 71.2. The van der Waals surface area contributed by atoms with Gasteiger partial charge in [0.25, 0.3) is 0 Å². The van der Waals surface area contributed by atoms with Crippen LogP contribution in [0.3, 0.4) is 0 Å². The SMILES string of the molecule is C.C=CC.C=CC.C=CC.C=CC.C=CC.C=CC.CC.CC=O.CCNNC(=O)CCS.NNC(=O)CCS. The second-order valence-electron chi connectivity index (χ2n) is 5.28. The van der Waals surface area contributed by atoms with Crippen molar-refractivity contribution in [2.75, 3.05) is 18.1 Å². The Balaban J connectivity index is -0.0000000272. The number of thiol groups is 2. The van der Waals surface area contributed by atoms with Crippen molar-refractivity contribution in [3.8, 4) is 0 Å². The maximum Gasteiger partial charge on any atom is 0.234 e. The Morgan fingerprint density at radius 2 is 0.875 bits per heavy atom. The zero-order valence-corrected chi connectivity index (χ0v) is 28.8. The molecule has 0 saturated heterocycles. The van der Waals surface area contributed by atoms with Crippen LogP contribution >= 0.6 is 25.3 Å². The summed E-state index contributed by atoms with van der Waals surface area (Å²) in [6.07, 6.45) is 12.1. The van der Waals surface area contributed by atoms with E-state index in [1.165, 1.54) is 6.92 Å². The molecule has 0 radical (unpaired) electrons. The number of rotatable bonds is 6. The van der Waals surface area contributed by atoms with Crippen LogP contribution in [0.25, 0.3) is 0 Å². The van der Waals surface area contributed by atoms with Crippen molar-refractivity contribution in [3.05, 3.63) is 75.9 Å². The molecule has 0 heterocycles. The van der Waals surface area contributed by atoms with E-state index in [0.29, 0.717) is 24.3 Å². The molecular weight excluding hydrogens is 541 g/mol. The first-order chi connectivity index (χ1) is 18.5. The molecule has 0 atom stereocenters. The van der Waals surface area contributed by atoms with Crippen LogP contribution in [-0.4, -0.2) is 36.2 Å². The number of amides is 2. The van der Waals surface area contributed by atoms with Crippen LogP contribution < -0.4 is 22.1 Å². The number of carbonyl (C=O) groups is 3. The minimum Gasteiger partial charge on any atom is -0.304 e. The van der Waals surface area contributed by atoms with Gasteiger partial charge in [0.15, 0.2) is 0 Å². The molecule has 0 aliphatic carbocycles. The van der Waals surface area contributed by atoms with Gasteiger partial charge in [-0.3, -0.25) is 20.4 Å². The lowest BCUT2D eigenvalue weighted by Crippen LogP contribution is -2.37. The molecule has 0 aromatic rings. The van der Waals surface area contributed by atoms with Crippen LogP contribution in [-0.2, 0) is 14.4 Å². The van der Waals surface area contributed by atoms with E-state index in [1.54, 1.807) is 36.5 Å². The molecule has 0 unspecified atom stereocenters. The summed E-state index contributed by atoms with van der Waals surface area (Å²) >= 11 is 7.69. The molecule has 244 valence electrons. The van der Waals surface area contributed by atoms with Crippen LogP contribution in [0.1, 0.15) is 89.5 Å². The molecule has 0 fully saturated rings. The molecule has 5 N–H and O–H groups in total. The molecule has 2 amide bonds. The minimum atomic E-state index is -0.171. The lowest BCUT2D eigenvalue weighted by Gasteiger charge is -2.01. The average Bonchev–Trinajstić information content (AvgIpc) is 2.88. The zero-order valence-electron chi connectivity index (χ0n) is 27.0. The van der Waals surface area contributed by atoms with E-state index in [0.717, 1.165) is 12.8 Å². The van der Waals surface area contributed by atoms with Gasteiger partial charge >= 0.3 is 0 Å². The topological polar surface area (TPSA) is 113 Å². The van der Waals surface area contributed by atoms with E-state index >= 15 is 0 Å². The lowest BCUT2D eigenvalue weighted by atomic mass is 10.5. The van der Waals surface area contributed by atoms with Crippen molar-refractivity contribution in [1.29, 1.82) is 0 Å². The highest BCUT2D eigenvalue weighted by Gasteiger charge is 1.94. The standard InChI is InChI=1S/C5H12N2OS.C3H8N2OS.6C3H6.C2H4O.C2H6.CH4/c1-2-6-7-5(8)3-4-9;4-5-3(6)1-2-7;6*1-3-2;1-2-3;1-2;/h6,9H,2-4H2,1H3,(H,7,8);7H,1-2,4H2,(H,5,6);6*3H,1H2,2H3;2H,1H3;1-2H3;1H4. The van der Waals surface area contributed by atoms with Gasteiger partial charge in [-0.25, -0.2) is 11.3 Å². The summed E-state index contributed by atoms with van der Waals surface area (Å²) in [4.78, 5) is 29.5. The summed E-state index contributed by atoms with van der Waals surface area (Å²) in [6, 6.07) is 0. The van der Waals surface area contributed by atoms with Gasteiger partial charge in [0.1, 0.15) is 6.29 Å². The summed E-state index contributed by atoms with van der Waals surface area (Å²) < 4.78 is 0. The fourth-order valence-corrected chi connectivity index (χ4v) is 0.931. The molecule has 0 aromatic heterocycles. The first-order valence-corrected chi connectivity index (χ1v) is 13.8. The predicted octanol–water partition coefficient (Wildman–Crippen LogP) is 8.26. The summed E-state index contributed by atoms with van der Waals surface area (Å²) in [7, 11) is 0. The molecular formula is C31H70N4O3S2. The van der Waals surface area contributed by atoms with E-state index in [2.05, 4.69) is 75.6 Å². The Bertz CT molecular complexity index is 403. The maximum absolute atomic E-state index is 10.6. The van der Waals surface area contributed by atoms with Gasteiger partial charge in [0.2, 0.25) is 11.8 Å². The highest BCUT2D eigenvalue weighted by Crippen LogP contribution is 1.80. The molecule has 0 bridgehead atoms. The Hall–Kier alpha value is -2.33. The van der Waals surface area contributed by atoms with Crippen molar-refractivity contribution < 1.29 is 14.4 Å². The monoisotopic (exact) mass is 610 g/mol. The molecule has 0 spiro atoms. The van der Waals surface area contributed by atoms with Crippen molar-refractivity contribution >= 4 is 43.4 Å². The molecule has 0 rings (SSSR count).